The lowest BCUT2D eigenvalue weighted by Crippen LogP contribution is -2.45. The van der Waals surface area contributed by atoms with Crippen molar-refractivity contribution < 1.29 is 18.0 Å². The van der Waals surface area contributed by atoms with Gasteiger partial charge in [0.1, 0.15) is 5.82 Å². The molecule has 0 aliphatic carbocycles. The number of amides is 2. The lowest BCUT2D eigenvalue weighted by atomic mass is 10.1. The van der Waals surface area contributed by atoms with E-state index < -0.39 is 11.7 Å². The summed E-state index contributed by atoms with van der Waals surface area (Å²) in [6.45, 7) is 2.68. The van der Waals surface area contributed by atoms with Crippen molar-refractivity contribution >= 4 is 17.5 Å². The van der Waals surface area contributed by atoms with Gasteiger partial charge in [0.05, 0.1) is 17.8 Å². The summed E-state index contributed by atoms with van der Waals surface area (Å²) in [5.74, 6) is 0.376. The molecule has 0 unspecified atom stereocenters. The first-order chi connectivity index (χ1) is 10.9. The van der Waals surface area contributed by atoms with Gasteiger partial charge < -0.3 is 4.90 Å². The summed E-state index contributed by atoms with van der Waals surface area (Å²) in [4.78, 5) is 19.6. The Morgan fingerprint density at radius 2 is 2.00 bits per heavy atom. The molecule has 0 saturated heterocycles. The Kier molecular flexibility index (Phi) is 3.71. The number of carbonyl (C=O) groups excluding carboxylic acids is 1. The van der Waals surface area contributed by atoms with Gasteiger partial charge in [0.2, 0.25) is 0 Å². The monoisotopic (exact) mass is 321 g/mol. The van der Waals surface area contributed by atoms with Crippen LogP contribution in [0.4, 0.5) is 29.5 Å². The van der Waals surface area contributed by atoms with Crippen LogP contribution < -0.4 is 4.90 Å². The van der Waals surface area contributed by atoms with Crippen molar-refractivity contribution in [2.75, 3.05) is 11.4 Å². The smallest absolute Gasteiger partial charge is 0.320 e. The number of hydrogen-bond acceptors (Lipinski definition) is 2. The minimum absolute atomic E-state index is 0.155. The van der Waals surface area contributed by atoms with E-state index in [9.17, 15) is 18.0 Å². The highest BCUT2D eigenvalue weighted by atomic mass is 19.4. The van der Waals surface area contributed by atoms with Crippen LogP contribution in [0.5, 0.6) is 0 Å². The molecule has 4 nitrogen and oxygen atoms in total. The van der Waals surface area contributed by atoms with Gasteiger partial charge in [-0.05, 0) is 31.2 Å². The summed E-state index contributed by atoms with van der Waals surface area (Å²) >= 11 is 0. The SMILES string of the molecule is CCN1Cc2cccnc2N(c2cccc(C(F)(F)F)c2)C1=O. The average molecular weight is 321 g/mol. The van der Waals surface area contributed by atoms with Crippen LogP contribution in [0.25, 0.3) is 0 Å². The maximum atomic E-state index is 12.9. The summed E-state index contributed by atoms with van der Waals surface area (Å²) in [6, 6.07) is 7.90. The van der Waals surface area contributed by atoms with Crippen molar-refractivity contribution in [3.05, 3.63) is 53.7 Å². The van der Waals surface area contributed by atoms with Gasteiger partial charge in [0.15, 0.2) is 0 Å². The molecule has 1 aromatic heterocycles. The zero-order chi connectivity index (χ0) is 16.6. The Labute approximate surface area is 131 Å². The van der Waals surface area contributed by atoms with Gasteiger partial charge >= 0.3 is 12.2 Å². The standard InChI is InChI=1S/C16H14F3N3O/c1-2-21-10-11-5-4-8-20-14(11)22(15(21)23)13-7-3-6-12(9-13)16(17,18)19/h3-9H,2,10H2,1H3. The molecular formula is C16H14F3N3O. The largest absolute Gasteiger partial charge is 0.416 e. The van der Waals surface area contributed by atoms with Crippen LogP contribution in [0.1, 0.15) is 18.1 Å². The summed E-state index contributed by atoms with van der Waals surface area (Å²) in [7, 11) is 0. The molecule has 0 saturated carbocycles. The fourth-order valence-corrected chi connectivity index (χ4v) is 2.56. The number of rotatable bonds is 2. The van der Waals surface area contributed by atoms with Gasteiger partial charge in [-0.1, -0.05) is 12.1 Å². The number of carbonyl (C=O) groups is 1. The second-order valence-corrected chi connectivity index (χ2v) is 5.17. The second-order valence-electron chi connectivity index (χ2n) is 5.17. The minimum atomic E-state index is -4.47. The molecule has 0 radical (unpaired) electrons. The Balaban J connectivity index is 2.12. The lowest BCUT2D eigenvalue weighted by molar-refractivity contribution is -0.137. The molecule has 7 heteroatoms. The highest BCUT2D eigenvalue weighted by molar-refractivity contribution is 6.00. The first-order valence-corrected chi connectivity index (χ1v) is 7.12. The second kappa shape index (κ2) is 5.57. The van der Waals surface area contributed by atoms with E-state index in [1.165, 1.54) is 23.2 Å². The van der Waals surface area contributed by atoms with Crippen molar-refractivity contribution in [3.63, 3.8) is 0 Å². The van der Waals surface area contributed by atoms with Crippen molar-refractivity contribution in [2.24, 2.45) is 0 Å². The molecule has 2 heterocycles. The van der Waals surface area contributed by atoms with E-state index >= 15 is 0 Å². The summed E-state index contributed by atoms with van der Waals surface area (Å²) in [5.41, 5.74) is 0.156. The number of alkyl halides is 3. The van der Waals surface area contributed by atoms with Gasteiger partial charge in [0.25, 0.3) is 0 Å². The van der Waals surface area contributed by atoms with Gasteiger partial charge in [-0.2, -0.15) is 13.2 Å². The zero-order valence-electron chi connectivity index (χ0n) is 12.3. The van der Waals surface area contributed by atoms with E-state index in [-0.39, 0.29) is 11.7 Å². The van der Waals surface area contributed by atoms with E-state index in [0.717, 1.165) is 17.7 Å². The molecule has 2 aromatic rings. The fourth-order valence-electron chi connectivity index (χ4n) is 2.56. The number of halogens is 3. The van der Waals surface area contributed by atoms with Crippen LogP contribution in [0.15, 0.2) is 42.6 Å². The van der Waals surface area contributed by atoms with Crippen LogP contribution >= 0.6 is 0 Å². The molecule has 0 spiro atoms. The molecule has 0 fully saturated rings. The molecule has 0 atom stereocenters. The highest BCUT2D eigenvalue weighted by Crippen LogP contribution is 2.36. The quantitative estimate of drug-likeness (QED) is 0.831. The topological polar surface area (TPSA) is 36.4 Å². The molecule has 3 rings (SSSR count). The number of nitrogens with zero attached hydrogens (tertiary/aromatic N) is 3. The van der Waals surface area contributed by atoms with Crippen LogP contribution in [-0.4, -0.2) is 22.5 Å². The molecule has 0 bridgehead atoms. The lowest BCUT2D eigenvalue weighted by Gasteiger charge is -2.35. The number of anilines is 2. The third-order valence-electron chi connectivity index (χ3n) is 3.72. The van der Waals surface area contributed by atoms with Gasteiger partial charge in [-0.3, -0.25) is 0 Å². The van der Waals surface area contributed by atoms with Crippen LogP contribution in [0.2, 0.25) is 0 Å². The molecule has 1 aliphatic heterocycles. The Morgan fingerprint density at radius 1 is 1.22 bits per heavy atom. The number of benzene rings is 1. The predicted octanol–water partition coefficient (Wildman–Crippen LogP) is 4.19. The normalized spacial score (nSPS) is 14.9. The molecule has 1 aromatic carbocycles. The number of aromatic nitrogens is 1. The molecule has 1 aliphatic rings. The van der Waals surface area contributed by atoms with Crippen LogP contribution in [0, 0.1) is 0 Å². The van der Waals surface area contributed by atoms with Crippen molar-refractivity contribution in [3.8, 4) is 0 Å². The van der Waals surface area contributed by atoms with Crippen molar-refractivity contribution in [1.29, 1.82) is 0 Å². The minimum Gasteiger partial charge on any atom is -0.320 e. The van der Waals surface area contributed by atoms with E-state index in [1.807, 2.05) is 13.0 Å². The Hall–Kier alpha value is -2.57. The molecule has 0 N–H and O–H groups in total. The fraction of sp³-hybridized carbons (Fsp3) is 0.250. The number of urea groups is 1. The summed E-state index contributed by atoms with van der Waals surface area (Å²) in [6.07, 6.45) is -2.94. The van der Waals surface area contributed by atoms with Gasteiger partial charge in [-0.25, -0.2) is 14.7 Å². The molecular weight excluding hydrogens is 307 g/mol. The number of hydrogen-bond donors (Lipinski definition) is 0. The van der Waals surface area contributed by atoms with Gasteiger partial charge in [-0.15, -0.1) is 0 Å². The third-order valence-corrected chi connectivity index (χ3v) is 3.72. The number of fused-ring (bicyclic) bond motifs is 1. The summed E-state index contributed by atoms with van der Waals surface area (Å²) < 4.78 is 38.8. The van der Waals surface area contributed by atoms with Crippen LogP contribution in [-0.2, 0) is 12.7 Å². The predicted molar refractivity (Wildman–Crippen MR) is 79.3 cm³/mol. The number of pyridine rings is 1. The van der Waals surface area contributed by atoms with E-state index in [1.54, 1.807) is 11.0 Å². The summed E-state index contributed by atoms with van der Waals surface area (Å²) in [5, 5.41) is 0. The van der Waals surface area contributed by atoms with Gasteiger partial charge in [0, 0.05) is 18.3 Å². The van der Waals surface area contributed by atoms with E-state index in [4.69, 9.17) is 0 Å². The van der Waals surface area contributed by atoms with E-state index in [0.29, 0.717) is 18.9 Å². The first kappa shape index (κ1) is 15.3. The Bertz CT molecular complexity index is 745. The maximum absolute atomic E-state index is 12.9. The maximum Gasteiger partial charge on any atom is 0.416 e. The molecule has 120 valence electrons. The Morgan fingerprint density at radius 3 is 2.70 bits per heavy atom. The third kappa shape index (κ3) is 2.74. The first-order valence-electron chi connectivity index (χ1n) is 7.12. The molecule has 2 amide bonds. The van der Waals surface area contributed by atoms with E-state index in [2.05, 4.69) is 4.98 Å². The van der Waals surface area contributed by atoms with Crippen LogP contribution in [0.3, 0.4) is 0 Å². The molecule has 23 heavy (non-hydrogen) atoms. The average Bonchev–Trinajstić information content (AvgIpc) is 2.53. The highest BCUT2D eigenvalue weighted by Gasteiger charge is 2.34. The van der Waals surface area contributed by atoms with Crippen molar-refractivity contribution in [1.82, 2.24) is 9.88 Å². The van der Waals surface area contributed by atoms with Crippen molar-refractivity contribution in [2.45, 2.75) is 19.6 Å². The zero-order valence-corrected chi connectivity index (χ0v) is 12.3.